The standard InChI is InChI=1S/C15H16F2O4/c1-15(16,17)11-6-13-12(20-7-21-13)4-10(11)9(5-14(18)19)8-2-3-8/h4,6,8-9H,2-3,5,7H2,1H3,(H,18,19). The lowest BCUT2D eigenvalue weighted by atomic mass is 9.85. The van der Waals surface area contributed by atoms with E-state index in [9.17, 15) is 13.6 Å². The maximum atomic E-state index is 13.9. The first-order chi connectivity index (χ1) is 9.86. The van der Waals surface area contributed by atoms with Crippen LogP contribution in [0, 0.1) is 5.92 Å². The van der Waals surface area contributed by atoms with Crippen molar-refractivity contribution in [1.82, 2.24) is 0 Å². The van der Waals surface area contributed by atoms with Crippen molar-refractivity contribution in [3.05, 3.63) is 23.3 Å². The number of rotatable bonds is 5. The summed E-state index contributed by atoms with van der Waals surface area (Å²) in [4.78, 5) is 11.1. The van der Waals surface area contributed by atoms with E-state index in [1.165, 1.54) is 12.1 Å². The second-order valence-electron chi connectivity index (χ2n) is 5.72. The van der Waals surface area contributed by atoms with E-state index in [-0.39, 0.29) is 24.7 Å². The molecule has 0 amide bonds. The highest BCUT2D eigenvalue weighted by Gasteiger charge is 2.40. The molecule has 6 heteroatoms. The lowest BCUT2D eigenvalue weighted by Gasteiger charge is -2.22. The second-order valence-corrected chi connectivity index (χ2v) is 5.72. The largest absolute Gasteiger partial charge is 0.481 e. The van der Waals surface area contributed by atoms with Crippen LogP contribution in [0.2, 0.25) is 0 Å². The average Bonchev–Trinajstić information content (AvgIpc) is 3.11. The van der Waals surface area contributed by atoms with E-state index in [1.54, 1.807) is 0 Å². The second kappa shape index (κ2) is 4.86. The average molecular weight is 298 g/mol. The summed E-state index contributed by atoms with van der Waals surface area (Å²) in [6.45, 7) is 0.819. The van der Waals surface area contributed by atoms with E-state index in [2.05, 4.69) is 0 Å². The topological polar surface area (TPSA) is 55.8 Å². The number of fused-ring (bicyclic) bond motifs is 1. The first-order valence-corrected chi connectivity index (χ1v) is 6.90. The third-order valence-electron chi connectivity index (χ3n) is 4.00. The Balaban J connectivity index is 2.08. The molecule has 0 saturated heterocycles. The highest BCUT2D eigenvalue weighted by molar-refractivity contribution is 5.68. The molecule has 1 fully saturated rings. The van der Waals surface area contributed by atoms with Gasteiger partial charge in [0.15, 0.2) is 11.5 Å². The van der Waals surface area contributed by atoms with Crippen LogP contribution in [0.3, 0.4) is 0 Å². The fraction of sp³-hybridized carbons (Fsp3) is 0.533. The number of alkyl halides is 2. The molecular weight excluding hydrogens is 282 g/mol. The molecule has 3 rings (SSSR count). The first kappa shape index (κ1) is 14.1. The van der Waals surface area contributed by atoms with Crippen LogP contribution >= 0.6 is 0 Å². The van der Waals surface area contributed by atoms with Crippen LogP contribution in [0.25, 0.3) is 0 Å². The minimum atomic E-state index is -3.05. The quantitative estimate of drug-likeness (QED) is 0.904. The summed E-state index contributed by atoms with van der Waals surface area (Å²) in [5.41, 5.74) is 0.210. The third kappa shape index (κ3) is 2.80. The SMILES string of the molecule is CC(F)(F)c1cc2c(cc1C(CC(=O)O)C1CC1)OCO2. The van der Waals surface area contributed by atoms with Gasteiger partial charge in [0.1, 0.15) is 0 Å². The van der Waals surface area contributed by atoms with Crippen molar-refractivity contribution in [2.24, 2.45) is 5.92 Å². The van der Waals surface area contributed by atoms with Gasteiger partial charge in [-0.25, -0.2) is 8.78 Å². The van der Waals surface area contributed by atoms with E-state index < -0.39 is 17.8 Å². The molecule has 0 spiro atoms. The zero-order valence-corrected chi connectivity index (χ0v) is 11.6. The Labute approximate surface area is 120 Å². The maximum Gasteiger partial charge on any atom is 0.303 e. The Morgan fingerprint density at radius 2 is 2.00 bits per heavy atom. The Hall–Kier alpha value is -1.85. The minimum absolute atomic E-state index is 0.000534. The lowest BCUT2D eigenvalue weighted by Crippen LogP contribution is -2.16. The normalized spacial score (nSPS) is 18.6. The Kier molecular flexibility index (Phi) is 3.26. The zero-order valence-electron chi connectivity index (χ0n) is 11.6. The maximum absolute atomic E-state index is 13.9. The Morgan fingerprint density at radius 3 is 2.52 bits per heavy atom. The van der Waals surface area contributed by atoms with Crippen molar-refractivity contribution in [1.29, 1.82) is 0 Å². The summed E-state index contributed by atoms with van der Waals surface area (Å²) >= 11 is 0. The van der Waals surface area contributed by atoms with Gasteiger partial charge in [0, 0.05) is 12.5 Å². The van der Waals surface area contributed by atoms with Crippen LogP contribution in [0.1, 0.15) is 43.2 Å². The molecule has 21 heavy (non-hydrogen) atoms. The number of carbonyl (C=O) groups is 1. The van der Waals surface area contributed by atoms with E-state index in [0.29, 0.717) is 17.1 Å². The fourth-order valence-corrected chi connectivity index (χ4v) is 2.86. The Morgan fingerprint density at radius 1 is 1.38 bits per heavy atom. The molecule has 2 aliphatic rings. The summed E-state index contributed by atoms with van der Waals surface area (Å²) in [5, 5.41) is 9.07. The lowest BCUT2D eigenvalue weighted by molar-refractivity contribution is -0.137. The van der Waals surface area contributed by atoms with E-state index in [4.69, 9.17) is 14.6 Å². The van der Waals surface area contributed by atoms with Crippen LogP contribution in [0.5, 0.6) is 11.5 Å². The van der Waals surface area contributed by atoms with E-state index >= 15 is 0 Å². The number of carboxylic acid groups (broad SMARTS) is 1. The molecule has 114 valence electrons. The van der Waals surface area contributed by atoms with Crippen molar-refractivity contribution in [2.75, 3.05) is 6.79 Å². The van der Waals surface area contributed by atoms with Gasteiger partial charge in [-0.3, -0.25) is 4.79 Å². The van der Waals surface area contributed by atoms with Gasteiger partial charge >= 0.3 is 5.97 Å². The highest BCUT2D eigenvalue weighted by atomic mass is 19.3. The van der Waals surface area contributed by atoms with Crippen LogP contribution in [-0.4, -0.2) is 17.9 Å². The molecule has 1 heterocycles. The summed E-state index contributed by atoms with van der Waals surface area (Å²) in [7, 11) is 0. The number of ether oxygens (including phenoxy) is 2. The van der Waals surface area contributed by atoms with Crippen LogP contribution in [0.15, 0.2) is 12.1 Å². The molecule has 1 unspecified atom stereocenters. The number of hydrogen-bond acceptors (Lipinski definition) is 3. The molecule has 1 aromatic carbocycles. The van der Waals surface area contributed by atoms with Gasteiger partial charge < -0.3 is 14.6 Å². The summed E-state index contributed by atoms with van der Waals surface area (Å²) in [6.07, 6.45) is 1.61. The molecule has 0 bridgehead atoms. The molecular formula is C15H16F2O4. The van der Waals surface area contributed by atoms with Crippen molar-refractivity contribution in [2.45, 2.75) is 38.0 Å². The Bertz CT molecular complexity index is 576. The van der Waals surface area contributed by atoms with Crippen LogP contribution in [0.4, 0.5) is 8.78 Å². The summed E-state index contributed by atoms with van der Waals surface area (Å²) < 4.78 is 38.2. The molecule has 4 nitrogen and oxygen atoms in total. The van der Waals surface area contributed by atoms with Gasteiger partial charge in [0.25, 0.3) is 5.92 Å². The van der Waals surface area contributed by atoms with E-state index in [1.807, 2.05) is 0 Å². The number of aliphatic carboxylic acids is 1. The predicted molar refractivity (Wildman–Crippen MR) is 69.9 cm³/mol. The molecule has 1 atom stereocenters. The number of halogens is 2. The van der Waals surface area contributed by atoms with Crippen molar-refractivity contribution >= 4 is 5.97 Å². The van der Waals surface area contributed by atoms with Crippen molar-refractivity contribution < 1.29 is 28.2 Å². The number of hydrogen-bond donors (Lipinski definition) is 1. The molecule has 0 radical (unpaired) electrons. The van der Waals surface area contributed by atoms with Gasteiger partial charge in [-0.05, 0) is 42.4 Å². The van der Waals surface area contributed by atoms with Gasteiger partial charge in [0.05, 0.1) is 6.42 Å². The highest BCUT2D eigenvalue weighted by Crippen LogP contribution is 2.50. The third-order valence-corrected chi connectivity index (χ3v) is 4.00. The molecule has 1 aliphatic carbocycles. The summed E-state index contributed by atoms with van der Waals surface area (Å²) in [6, 6.07) is 2.82. The van der Waals surface area contributed by atoms with Gasteiger partial charge in [-0.2, -0.15) is 0 Å². The molecule has 1 aromatic rings. The van der Waals surface area contributed by atoms with E-state index in [0.717, 1.165) is 19.8 Å². The number of benzene rings is 1. The molecule has 1 N–H and O–H groups in total. The molecule has 0 aromatic heterocycles. The van der Waals surface area contributed by atoms with Crippen molar-refractivity contribution in [3.63, 3.8) is 0 Å². The monoisotopic (exact) mass is 298 g/mol. The summed E-state index contributed by atoms with van der Waals surface area (Å²) in [5.74, 6) is -3.58. The molecule has 1 aliphatic heterocycles. The van der Waals surface area contributed by atoms with Crippen molar-refractivity contribution in [3.8, 4) is 11.5 Å². The fourth-order valence-electron chi connectivity index (χ4n) is 2.86. The van der Waals surface area contributed by atoms with Crippen LogP contribution in [-0.2, 0) is 10.7 Å². The number of carboxylic acids is 1. The molecule has 1 saturated carbocycles. The zero-order chi connectivity index (χ0) is 15.2. The minimum Gasteiger partial charge on any atom is -0.481 e. The first-order valence-electron chi connectivity index (χ1n) is 6.90. The smallest absolute Gasteiger partial charge is 0.303 e. The van der Waals surface area contributed by atoms with Gasteiger partial charge in [-0.15, -0.1) is 0 Å². The van der Waals surface area contributed by atoms with Crippen LogP contribution < -0.4 is 9.47 Å². The van der Waals surface area contributed by atoms with Gasteiger partial charge in [-0.1, -0.05) is 0 Å². The predicted octanol–water partition coefficient (Wildman–Crippen LogP) is 3.50. The van der Waals surface area contributed by atoms with Gasteiger partial charge in [0.2, 0.25) is 6.79 Å².